The molecular weight excluding hydrogens is 394 g/mol. The van der Waals surface area contributed by atoms with Crippen LogP contribution in [0.4, 0.5) is 5.69 Å². The zero-order chi connectivity index (χ0) is 21.2. The topological polar surface area (TPSA) is 105 Å². The first-order chi connectivity index (χ1) is 13.7. The van der Waals surface area contributed by atoms with Crippen LogP contribution in [0.15, 0.2) is 42.5 Å². The molecule has 1 heterocycles. The van der Waals surface area contributed by atoms with E-state index in [0.29, 0.717) is 23.4 Å². The van der Waals surface area contributed by atoms with E-state index < -0.39 is 21.8 Å². The molecule has 1 atom stereocenters. The molecule has 0 spiro atoms. The van der Waals surface area contributed by atoms with E-state index in [2.05, 4.69) is 10.9 Å². The van der Waals surface area contributed by atoms with Gasteiger partial charge in [-0.2, -0.15) is 0 Å². The third-order valence-electron chi connectivity index (χ3n) is 4.62. The number of benzene rings is 2. The lowest BCUT2D eigenvalue weighted by atomic mass is 10.1. The SMILES string of the molecule is Cc1ccccc1OCC(=O)NNC(=O)c1ccc2c(c1)C[C@@H](C)N2S(C)(=O)=O. The van der Waals surface area contributed by atoms with Gasteiger partial charge in [-0.1, -0.05) is 18.2 Å². The number of carbonyl (C=O) groups excluding carboxylic acids is 2. The van der Waals surface area contributed by atoms with Gasteiger partial charge in [0.15, 0.2) is 6.61 Å². The minimum Gasteiger partial charge on any atom is -0.483 e. The molecule has 9 heteroatoms. The second kappa shape index (κ2) is 8.12. The second-order valence-electron chi connectivity index (χ2n) is 7.01. The summed E-state index contributed by atoms with van der Waals surface area (Å²) in [5.74, 6) is -0.403. The van der Waals surface area contributed by atoms with Crippen molar-refractivity contribution in [2.75, 3.05) is 17.2 Å². The quantitative estimate of drug-likeness (QED) is 0.718. The molecule has 1 aliphatic rings. The number of hydrogen-bond donors (Lipinski definition) is 2. The van der Waals surface area contributed by atoms with Gasteiger partial charge in [-0.3, -0.25) is 24.7 Å². The molecule has 8 nitrogen and oxygen atoms in total. The average molecular weight is 417 g/mol. The monoisotopic (exact) mass is 417 g/mol. The van der Waals surface area contributed by atoms with Crippen molar-refractivity contribution in [1.82, 2.24) is 10.9 Å². The van der Waals surface area contributed by atoms with E-state index in [0.717, 1.165) is 17.4 Å². The van der Waals surface area contributed by atoms with Crippen LogP contribution in [0.2, 0.25) is 0 Å². The van der Waals surface area contributed by atoms with E-state index in [1.54, 1.807) is 18.2 Å². The summed E-state index contributed by atoms with van der Waals surface area (Å²) in [6, 6.07) is 11.9. The van der Waals surface area contributed by atoms with Crippen LogP contribution in [0, 0.1) is 6.92 Å². The number of ether oxygens (including phenoxy) is 1. The highest BCUT2D eigenvalue weighted by Crippen LogP contribution is 2.34. The Morgan fingerprint density at radius 1 is 1.17 bits per heavy atom. The number of nitrogens with one attached hydrogen (secondary N) is 2. The van der Waals surface area contributed by atoms with Gasteiger partial charge < -0.3 is 4.74 Å². The van der Waals surface area contributed by atoms with Crippen molar-refractivity contribution < 1.29 is 22.7 Å². The van der Waals surface area contributed by atoms with Crippen LogP contribution in [-0.4, -0.2) is 39.1 Å². The minimum atomic E-state index is -3.39. The summed E-state index contributed by atoms with van der Waals surface area (Å²) in [5, 5.41) is 0. The summed E-state index contributed by atoms with van der Waals surface area (Å²) in [6.45, 7) is 3.44. The zero-order valence-corrected chi connectivity index (χ0v) is 17.2. The molecule has 0 aliphatic carbocycles. The van der Waals surface area contributed by atoms with Gasteiger partial charge in [0.2, 0.25) is 10.0 Å². The summed E-state index contributed by atoms with van der Waals surface area (Å²) < 4.78 is 30.7. The Hall–Kier alpha value is -3.07. The Morgan fingerprint density at radius 3 is 2.59 bits per heavy atom. The van der Waals surface area contributed by atoms with Crippen LogP contribution in [0.5, 0.6) is 5.75 Å². The fraction of sp³-hybridized carbons (Fsp3) is 0.300. The number of para-hydroxylation sites is 1. The van der Waals surface area contributed by atoms with Gasteiger partial charge >= 0.3 is 0 Å². The van der Waals surface area contributed by atoms with Crippen molar-refractivity contribution in [3.8, 4) is 5.75 Å². The Labute approximate surface area is 169 Å². The summed E-state index contributed by atoms with van der Waals surface area (Å²) in [4.78, 5) is 24.3. The number of fused-ring (bicyclic) bond motifs is 1. The van der Waals surface area contributed by atoms with Gasteiger partial charge in [-0.05, 0) is 55.7 Å². The fourth-order valence-corrected chi connectivity index (χ4v) is 4.61. The van der Waals surface area contributed by atoms with E-state index in [9.17, 15) is 18.0 Å². The van der Waals surface area contributed by atoms with Crippen molar-refractivity contribution in [3.63, 3.8) is 0 Å². The standard InChI is InChI=1S/C20H23N3O5S/c1-13-6-4-5-7-18(13)28-12-19(24)21-22-20(25)15-8-9-17-16(11-15)10-14(2)23(17)29(3,26)27/h4-9,11,14H,10,12H2,1-3H3,(H,21,24)(H,22,25)/t14-/m1/s1. The molecule has 2 aromatic rings. The van der Waals surface area contributed by atoms with Crippen molar-refractivity contribution in [2.45, 2.75) is 26.3 Å². The summed E-state index contributed by atoms with van der Waals surface area (Å²) in [7, 11) is -3.39. The Balaban J connectivity index is 1.59. The maximum atomic E-state index is 12.3. The predicted molar refractivity (Wildman–Crippen MR) is 109 cm³/mol. The molecule has 2 aromatic carbocycles. The van der Waals surface area contributed by atoms with Gasteiger partial charge in [0.1, 0.15) is 5.75 Å². The third-order valence-corrected chi connectivity index (χ3v) is 5.89. The first-order valence-electron chi connectivity index (χ1n) is 9.07. The Kier molecular flexibility index (Phi) is 5.78. The number of aryl methyl sites for hydroxylation is 1. The molecule has 2 amide bonds. The van der Waals surface area contributed by atoms with Crippen molar-refractivity contribution in [1.29, 1.82) is 0 Å². The maximum absolute atomic E-state index is 12.3. The molecule has 1 aliphatic heterocycles. The number of carbonyl (C=O) groups is 2. The Bertz CT molecular complexity index is 1050. The molecule has 0 bridgehead atoms. The summed E-state index contributed by atoms with van der Waals surface area (Å²) in [5.41, 5.74) is 7.23. The van der Waals surface area contributed by atoms with E-state index in [-0.39, 0.29) is 12.6 Å². The molecule has 0 unspecified atom stereocenters. The summed E-state index contributed by atoms with van der Waals surface area (Å²) in [6.07, 6.45) is 1.67. The lowest BCUT2D eigenvalue weighted by Gasteiger charge is -2.21. The highest BCUT2D eigenvalue weighted by Gasteiger charge is 2.32. The number of rotatable bonds is 5. The third kappa shape index (κ3) is 4.68. The number of amides is 2. The van der Waals surface area contributed by atoms with Crippen LogP contribution in [-0.2, 0) is 21.2 Å². The largest absolute Gasteiger partial charge is 0.483 e. The normalized spacial score (nSPS) is 15.6. The second-order valence-corrected chi connectivity index (χ2v) is 8.87. The zero-order valence-electron chi connectivity index (χ0n) is 16.4. The van der Waals surface area contributed by atoms with Gasteiger partial charge in [0, 0.05) is 11.6 Å². The van der Waals surface area contributed by atoms with Crippen molar-refractivity contribution in [2.24, 2.45) is 0 Å². The van der Waals surface area contributed by atoms with Crippen molar-refractivity contribution in [3.05, 3.63) is 59.2 Å². The maximum Gasteiger partial charge on any atom is 0.276 e. The fourth-order valence-electron chi connectivity index (χ4n) is 3.35. The lowest BCUT2D eigenvalue weighted by Crippen LogP contribution is -2.43. The molecule has 0 saturated carbocycles. The molecule has 29 heavy (non-hydrogen) atoms. The van der Waals surface area contributed by atoms with Crippen LogP contribution in [0.3, 0.4) is 0 Å². The predicted octanol–water partition coefficient (Wildman–Crippen LogP) is 1.55. The van der Waals surface area contributed by atoms with Gasteiger partial charge in [0.25, 0.3) is 11.8 Å². The smallest absolute Gasteiger partial charge is 0.276 e. The average Bonchev–Trinajstić information content (AvgIpc) is 3.00. The molecule has 2 N–H and O–H groups in total. The minimum absolute atomic E-state index is 0.211. The molecule has 0 fully saturated rings. The molecule has 3 rings (SSSR count). The van der Waals surface area contributed by atoms with Crippen LogP contribution in [0.1, 0.15) is 28.4 Å². The summed E-state index contributed by atoms with van der Waals surface area (Å²) >= 11 is 0. The number of nitrogens with zero attached hydrogens (tertiary/aromatic N) is 1. The van der Waals surface area contributed by atoms with E-state index >= 15 is 0 Å². The number of anilines is 1. The number of hydrogen-bond acceptors (Lipinski definition) is 5. The van der Waals surface area contributed by atoms with E-state index in [1.807, 2.05) is 32.0 Å². The lowest BCUT2D eigenvalue weighted by molar-refractivity contribution is -0.123. The molecule has 0 radical (unpaired) electrons. The van der Waals surface area contributed by atoms with Crippen molar-refractivity contribution >= 4 is 27.5 Å². The van der Waals surface area contributed by atoms with Crippen LogP contribution >= 0.6 is 0 Å². The number of hydrazine groups is 1. The van der Waals surface area contributed by atoms with Gasteiger partial charge in [0.05, 0.1) is 11.9 Å². The van der Waals surface area contributed by atoms with E-state index in [1.165, 1.54) is 10.4 Å². The van der Waals surface area contributed by atoms with Crippen LogP contribution in [0.25, 0.3) is 0 Å². The molecular formula is C20H23N3O5S. The molecule has 0 saturated heterocycles. The van der Waals surface area contributed by atoms with E-state index in [4.69, 9.17) is 4.74 Å². The molecule has 0 aromatic heterocycles. The highest BCUT2D eigenvalue weighted by atomic mass is 32.2. The highest BCUT2D eigenvalue weighted by molar-refractivity contribution is 7.92. The van der Waals surface area contributed by atoms with Crippen LogP contribution < -0.4 is 19.9 Å². The van der Waals surface area contributed by atoms with Gasteiger partial charge in [-0.25, -0.2) is 8.42 Å². The first kappa shape index (κ1) is 20.7. The first-order valence-corrected chi connectivity index (χ1v) is 10.9. The Morgan fingerprint density at radius 2 is 1.90 bits per heavy atom. The number of sulfonamides is 1. The van der Waals surface area contributed by atoms with Gasteiger partial charge in [-0.15, -0.1) is 0 Å². The molecule has 154 valence electrons.